The minimum Gasteiger partial charge on any atom is -0.360 e. The van der Waals surface area contributed by atoms with Crippen LogP contribution in [0.5, 0.6) is 0 Å². The second kappa shape index (κ2) is 8.21. The summed E-state index contributed by atoms with van der Waals surface area (Å²) < 4.78 is 45.0. The highest BCUT2D eigenvalue weighted by molar-refractivity contribution is 7.89. The van der Waals surface area contributed by atoms with Gasteiger partial charge in [0.1, 0.15) is 16.4 Å². The Labute approximate surface area is 145 Å². The fourth-order valence-corrected chi connectivity index (χ4v) is 3.71. The van der Waals surface area contributed by atoms with Gasteiger partial charge in [-0.1, -0.05) is 23.4 Å². The van der Waals surface area contributed by atoms with Gasteiger partial charge < -0.3 is 9.84 Å². The number of amides is 1. The fourth-order valence-electron chi connectivity index (χ4n) is 2.36. The molecule has 0 atom stereocenters. The number of hydrogen-bond donors (Lipinski definition) is 2. The lowest BCUT2D eigenvalue weighted by atomic mass is 10.1. The summed E-state index contributed by atoms with van der Waals surface area (Å²) in [4.78, 5) is 11.7. The van der Waals surface area contributed by atoms with Crippen molar-refractivity contribution >= 4 is 15.9 Å². The van der Waals surface area contributed by atoms with E-state index < -0.39 is 10.0 Å². The molecule has 1 aromatic heterocycles. The van der Waals surface area contributed by atoms with Gasteiger partial charge in [0, 0.05) is 19.5 Å². The number of nitrogens with one attached hydrogen (secondary N) is 2. The average Bonchev–Trinajstić information content (AvgIpc) is 2.88. The van der Waals surface area contributed by atoms with E-state index in [1.807, 2.05) is 0 Å². The van der Waals surface area contributed by atoms with Crippen molar-refractivity contribution in [2.24, 2.45) is 0 Å². The maximum absolute atomic E-state index is 13.4. The van der Waals surface area contributed by atoms with Crippen LogP contribution in [0.1, 0.15) is 23.4 Å². The average molecular weight is 369 g/mol. The van der Waals surface area contributed by atoms with Gasteiger partial charge in [-0.15, -0.1) is 0 Å². The van der Waals surface area contributed by atoms with Crippen molar-refractivity contribution in [3.05, 3.63) is 47.1 Å². The van der Waals surface area contributed by atoms with E-state index in [0.717, 1.165) is 0 Å². The van der Waals surface area contributed by atoms with Crippen LogP contribution in [0, 0.1) is 19.7 Å². The molecule has 0 unspecified atom stereocenters. The number of sulfonamides is 1. The van der Waals surface area contributed by atoms with Crippen molar-refractivity contribution in [3.8, 4) is 0 Å². The number of hydrogen-bond acceptors (Lipinski definition) is 5. The number of aryl methyl sites for hydroxylation is 2. The van der Waals surface area contributed by atoms with E-state index in [-0.39, 0.29) is 47.6 Å². The normalized spacial score (nSPS) is 11.5. The van der Waals surface area contributed by atoms with Crippen molar-refractivity contribution in [2.45, 2.75) is 31.6 Å². The third kappa shape index (κ3) is 5.10. The van der Waals surface area contributed by atoms with Crippen molar-refractivity contribution in [3.63, 3.8) is 0 Å². The third-order valence-corrected chi connectivity index (χ3v) is 5.26. The van der Waals surface area contributed by atoms with Gasteiger partial charge in [0.15, 0.2) is 5.76 Å². The highest BCUT2D eigenvalue weighted by Gasteiger charge is 2.23. The van der Waals surface area contributed by atoms with Crippen LogP contribution in [0.25, 0.3) is 0 Å². The van der Waals surface area contributed by atoms with E-state index >= 15 is 0 Å². The van der Waals surface area contributed by atoms with Crippen LogP contribution in [0.3, 0.4) is 0 Å². The van der Waals surface area contributed by atoms with E-state index in [4.69, 9.17) is 4.52 Å². The smallest absolute Gasteiger partial charge is 0.245 e. The molecule has 25 heavy (non-hydrogen) atoms. The summed E-state index contributed by atoms with van der Waals surface area (Å²) in [5, 5.41) is 6.23. The molecular formula is C16H20FN3O4S. The van der Waals surface area contributed by atoms with Gasteiger partial charge in [0.05, 0.1) is 0 Å². The second-order valence-electron chi connectivity index (χ2n) is 5.49. The standard InChI is InChI=1S/C16H20FN3O4S/c1-11-16(12(2)24-20-11)25(22,23)19-10-8-15(21)18-9-7-13-5-3-4-6-14(13)17/h3-6,19H,7-10H2,1-2H3,(H,18,21). The number of carbonyl (C=O) groups excluding carboxylic acids is 1. The van der Waals surface area contributed by atoms with Gasteiger partial charge in [-0.05, 0) is 31.9 Å². The number of halogens is 1. The summed E-state index contributed by atoms with van der Waals surface area (Å²) in [6.45, 7) is 3.25. The number of carbonyl (C=O) groups is 1. The van der Waals surface area contributed by atoms with Crippen molar-refractivity contribution < 1.29 is 22.1 Å². The molecule has 1 heterocycles. The van der Waals surface area contributed by atoms with Crippen LogP contribution < -0.4 is 10.0 Å². The van der Waals surface area contributed by atoms with Gasteiger partial charge >= 0.3 is 0 Å². The number of nitrogens with zero attached hydrogens (tertiary/aromatic N) is 1. The van der Waals surface area contributed by atoms with Gasteiger partial charge in [0.25, 0.3) is 0 Å². The van der Waals surface area contributed by atoms with E-state index in [1.165, 1.54) is 19.9 Å². The third-order valence-electron chi connectivity index (χ3n) is 3.56. The molecule has 0 aliphatic carbocycles. The van der Waals surface area contributed by atoms with Gasteiger partial charge in [-0.3, -0.25) is 4.79 Å². The summed E-state index contributed by atoms with van der Waals surface area (Å²) in [5.74, 6) is -0.443. The molecule has 2 rings (SSSR count). The zero-order valence-corrected chi connectivity index (χ0v) is 14.8. The highest BCUT2D eigenvalue weighted by Crippen LogP contribution is 2.18. The summed E-state index contributed by atoms with van der Waals surface area (Å²) in [6.07, 6.45) is 0.336. The molecule has 0 saturated carbocycles. The maximum Gasteiger partial charge on any atom is 0.245 e. The maximum atomic E-state index is 13.4. The number of rotatable bonds is 8. The summed E-state index contributed by atoms with van der Waals surface area (Å²) in [7, 11) is -3.78. The van der Waals surface area contributed by atoms with Crippen LogP contribution in [0.4, 0.5) is 4.39 Å². The first-order valence-electron chi connectivity index (χ1n) is 7.74. The Hall–Kier alpha value is -2.26. The molecule has 0 radical (unpaired) electrons. The zero-order valence-electron chi connectivity index (χ0n) is 14.0. The Morgan fingerprint density at radius 2 is 1.96 bits per heavy atom. The first kappa shape index (κ1) is 19.1. The zero-order chi connectivity index (χ0) is 18.4. The van der Waals surface area contributed by atoms with Gasteiger partial charge in [0.2, 0.25) is 15.9 Å². The highest BCUT2D eigenvalue weighted by atomic mass is 32.2. The second-order valence-corrected chi connectivity index (χ2v) is 7.20. The van der Waals surface area contributed by atoms with E-state index in [0.29, 0.717) is 12.0 Å². The first-order chi connectivity index (χ1) is 11.8. The number of benzene rings is 1. The van der Waals surface area contributed by atoms with Crippen molar-refractivity contribution in [1.29, 1.82) is 0 Å². The molecule has 2 N–H and O–H groups in total. The molecule has 0 aliphatic rings. The largest absolute Gasteiger partial charge is 0.360 e. The topological polar surface area (TPSA) is 101 Å². The predicted molar refractivity (Wildman–Crippen MR) is 88.9 cm³/mol. The molecular weight excluding hydrogens is 349 g/mol. The SMILES string of the molecule is Cc1noc(C)c1S(=O)(=O)NCCC(=O)NCCc1ccccc1F. The predicted octanol–water partition coefficient (Wildman–Crippen LogP) is 1.46. The van der Waals surface area contributed by atoms with Crippen LogP contribution in [-0.4, -0.2) is 32.6 Å². The first-order valence-corrected chi connectivity index (χ1v) is 9.22. The molecule has 1 aromatic carbocycles. The van der Waals surface area contributed by atoms with Crippen molar-refractivity contribution in [1.82, 2.24) is 15.2 Å². The van der Waals surface area contributed by atoms with Crippen LogP contribution >= 0.6 is 0 Å². The van der Waals surface area contributed by atoms with E-state index in [1.54, 1.807) is 18.2 Å². The molecule has 9 heteroatoms. The molecule has 0 spiro atoms. The van der Waals surface area contributed by atoms with Gasteiger partial charge in [-0.25, -0.2) is 17.5 Å². The Balaban J connectivity index is 1.76. The van der Waals surface area contributed by atoms with Gasteiger partial charge in [-0.2, -0.15) is 0 Å². The van der Waals surface area contributed by atoms with Crippen LogP contribution in [0.15, 0.2) is 33.7 Å². The van der Waals surface area contributed by atoms with E-state index in [2.05, 4.69) is 15.2 Å². The lowest BCUT2D eigenvalue weighted by Crippen LogP contribution is -2.32. The minimum absolute atomic E-state index is 0.00698. The van der Waals surface area contributed by atoms with Crippen LogP contribution in [-0.2, 0) is 21.2 Å². The van der Waals surface area contributed by atoms with Crippen molar-refractivity contribution in [2.75, 3.05) is 13.1 Å². The Kier molecular flexibility index (Phi) is 6.27. The quantitative estimate of drug-likeness (QED) is 0.734. The molecule has 0 fully saturated rings. The molecule has 1 amide bonds. The summed E-state index contributed by atoms with van der Waals surface area (Å²) >= 11 is 0. The monoisotopic (exact) mass is 369 g/mol. The minimum atomic E-state index is -3.78. The fraction of sp³-hybridized carbons (Fsp3) is 0.375. The summed E-state index contributed by atoms with van der Waals surface area (Å²) in [5.41, 5.74) is 0.779. The number of aromatic nitrogens is 1. The van der Waals surface area contributed by atoms with E-state index in [9.17, 15) is 17.6 Å². The molecule has 0 saturated heterocycles. The Bertz CT molecular complexity index is 829. The molecule has 0 bridgehead atoms. The Morgan fingerprint density at radius 3 is 2.60 bits per heavy atom. The molecule has 0 aliphatic heterocycles. The molecule has 136 valence electrons. The Morgan fingerprint density at radius 1 is 1.24 bits per heavy atom. The molecule has 7 nitrogen and oxygen atoms in total. The molecule has 2 aromatic rings. The van der Waals surface area contributed by atoms with Crippen LogP contribution in [0.2, 0.25) is 0 Å². The lowest BCUT2D eigenvalue weighted by Gasteiger charge is -2.08. The summed E-state index contributed by atoms with van der Waals surface area (Å²) in [6, 6.07) is 6.34. The lowest BCUT2D eigenvalue weighted by molar-refractivity contribution is -0.120.